The smallest absolute Gasteiger partial charge is 0.387 e. The first-order chi connectivity index (χ1) is 15.4. The fraction of sp³-hybridized carbons (Fsp3) is 0.0952. The molecule has 0 aliphatic heterocycles. The topological polar surface area (TPSA) is 84.8 Å². The van der Waals surface area contributed by atoms with Crippen molar-refractivity contribution in [2.24, 2.45) is 0 Å². The Morgan fingerprint density at radius 2 is 1.94 bits per heavy atom. The van der Waals surface area contributed by atoms with Gasteiger partial charge in [0.05, 0.1) is 12.2 Å². The van der Waals surface area contributed by atoms with E-state index in [1.807, 2.05) is 0 Å². The Balaban J connectivity index is 1.44. The van der Waals surface area contributed by atoms with Crippen molar-refractivity contribution in [1.82, 2.24) is 20.0 Å². The van der Waals surface area contributed by atoms with Crippen LogP contribution in [0.4, 0.5) is 19.0 Å². The largest absolute Gasteiger partial charge is 0.435 e. The van der Waals surface area contributed by atoms with Gasteiger partial charge in [0, 0.05) is 17.3 Å². The minimum Gasteiger partial charge on any atom is -0.435 e. The number of halogens is 4. The molecule has 0 unspecified atom stereocenters. The molecule has 0 bridgehead atoms. The van der Waals surface area contributed by atoms with Crippen molar-refractivity contribution in [2.75, 3.05) is 5.32 Å². The van der Waals surface area contributed by atoms with Gasteiger partial charge in [-0.15, -0.1) is 0 Å². The summed E-state index contributed by atoms with van der Waals surface area (Å²) in [5.74, 6) is -0.793. The van der Waals surface area contributed by atoms with Crippen LogP contribution in [0.3, 0.4) is 0 Å². The summed E-state index contributed by atoms with van der Waals surface area (Å²) in [7, 11) is 0. The van der Waals surface area contributed by atoms with Crippen molar-refractivity contribution in [1.29, 1.82) is 0 Å². The lowest BCUT2D eigenvalue weighted by molar-refractivity contribution is -0.0498. The molecule has 0 radical (unpaired) electrons. The van der Waals surface area contributed by atoms with Gasteiger partial charge >= 0.3 is 6.61 Å². The van der Waals surface area contributed by atoms with Crippen LogP contribution in [0.5, 0.6) is 5.75 Å². The maximum absolute atomic E-state index is 13.8. The molecule has 32 heavy (non-hydrogen) atoms. The molecule has 0 spiro atoms. The van der Waals surface area contributed by atoms with Gasteiger partial charge in [-0.1, -0.05) is 29.8 Å². The molecule has 7 nitrogen and oxygen atoms in total. The van der Waals surface area contributed by atoms with Crippen molar-refractivity contribution in [3.05, 3.63) is 82.9 Å². The molecule has 0 aliphatic rings. The Kier molecular flexibility index (Phi) is 6.13. The lowest BCUT2D eigenvalue weighted by atomic mass is 10.1. The number of nitrogens with zero attached hydrogens (tertiary/aromatic N) is 3. The molecule has 164 valence electrons. The molecule has 0 aliphatic carbocycles. The summed E-state index contributed by atoms with van der Waals surface area (Å²) in [5, 5.41) is 13.6. The van der Waals surface area contributed by atoms with Crippen molar-refractivity contribution < 1.29 is 22.7 Å². The van der Waals surface area contributed by atoms with E-state index >= 15 is 0 Å². The molecule has 0 saturated heterocycles. The summed E-state index contributed by atoms with van der Waals surface area (Å²) >= 11 is 6.15. The van der Waals surface area contributed by atoms with Crippen LogP contribution in [0.1, 0.15) is 16.1 Å². The number of nitrogens with one attached hydrogen (secondary N) is 2. The minimum atomic E-state index is -2.91. The van der Waals surface area contributed by atoms with Gasteiger partial charge in [0.1, 0.15) is 22.3 Å². The molecule has 2 N–H and O–H groups in total. The van der Waals surface area contributed by atoms with E-state index in [0.717, 1.165) is 0 Å². The van der Waals surface area contributed by atoms with Crippen LogP contribution in [-0.4, -0.2) is 32.5 Å². The summed E-state index contributed by atoms with van der Waals surface area (Å²) in [5.41, 5.74) is 1.57. The Labute approximate surface area is 184 Å². The summed E-state index contributed by atoms with van der Waals surface area (Å²) in [6.07, 6.45) is 1.48. The first kappa shape index (κ1) is 21.4. The zero-order valence-electron chi connectivity index (χ0n) is 16.2. The monoisotopic (exact) mass is 461 g/mol. The molecule has 4 rings (SSSR count). The lowest BCUT2D eigenvalue weighted by Crippen LogP contribution is -2.13. The van der Waals surface area contributed by atoms with E-state index in [9.17, 15) is 18.0 Å². The van der Waals surface area contributed by atoms with E-state index in [0.29, 0.717) is 16.8 Å². The number of carbonyl (C=O) groups excluding carboxylic acids is 1. The Morgan fingerprint density at radius 1 is 1.19 bits per heavy atom. The molecule has 2 aromatic carbocycles. The van der Waals surface area contributed by atoms with Crippen LogP contribution in [0.15, 0.2) is 60.8 Å². The Hall–Kier alpha value is -3.79. The number of aromatic amines is 1. The number of anilines is 1. The molecule has 1 amide bonds. The number of alkyl halides is 2. The summed E-state index contributed by atoms with van der Waals surface area (Å²) in [6, 6.07) is 13.6. The predicted molar refractivity (Wildman–Crippen MR) is 111 cm³/mol. The standard InChI is InChI=1S/C21H15ClF3N5O2/c22-15-11-30(10-13-3-1-2-4-16(13)23)29-19(15)26-20(31)18-9-17(27-28-18)12-5-7-14(8-6-12)32-21(24)25/h1-9,11,21H,10H2,(H,27,28)(H,26,29,31). The van der Waals surface area contributed by atoms with Crippen LogP contribution < -0.4 is 10.1 Å². The van der Waals surface area contributed by atoms with Crippen LogP contribution in [0, 0.1) is 5.82 Å². The normalized spacial score (nSPS) is 11.0. The molecule has 11 heteroatoms. The van der Waals surface area contributed by atoms with E-state index < -0.39 is 12.5 Å². The van der Waals surface area contributed by atoms with Crippen LogP contribution >= 0.6 is 11.6 Å². The maximum atomic E-state index is 13.8. The highest BCUT2D eigenvalue weighted by atomic mass is 35.5. The quantitative estimate of drug-likeness (QED) is 0.407. The molecule has 2 heterocycles. The van der Waals surface area contributed by atoms with Crippen molar-refractivity contribution >= 4 is 23.3 Å². The summed E-state index contributed by atoms with van der Waals surface area (Å²) in [6.45, 7) is -2.77. The van der Waals surface area contributed by atoms with E-state index in [1.54, 1.807) is 18.2 Å². The van der Waals surface area contributed by atoms with Gasteiger partial charge in [-0.05, 0) is 36.4 Å². The second-order valence-electron chi connectivity index (χ2n) is 6.64. The zero-order valence-corrected chi connectivity index (χ0v) is 17.0. The highest BCUT2D eigenvalue weighted by molar-refractivity contribution is 6.33. The van der Waals surface area contributed by atoms with Gasteiger partial charge in [0.2, 0.25) is 0 Å². The number of hydrogen-bond donors (Lipinski definition) is 2. The fourth-order valence-electron chi connectivity index (χ4n) is 2.93. The van der Waals surface area contributed by atoms with Gasteiger partial charge in [-0.2, -0.15) is 19.0 Å². The predicted octanol–water partition coefficient (Wildman–Crippen LogP) is 4.97. The number of aromatic nitrogens is 4. The number of H-pyrrole nitrogens is 1. The number of carbonyl (C=O) groups is 1. The van der Waals surface area contributed by atoms with Crippen LogP contribution in [0.25, 0.3) is 11.3 Å². The molecule has 0 atom stereocenters. The van der Waals surface area contributed by atoms with E-state index in [1.165, 1.54) is 47.3 Å². The van der Waals surface area contributed by atoms with Gasteiger partial charge in [-0.3, -0.25) is 14.6 Å². The number of amides is 1. The number of ether oxygens (including phenoxy) is 1. The Bertz CT molecular complexity index is 1240. The lowest BCUT2D eigenvalue weighted by Gasteiger charge is -2.04. The van der Waals surface area contributed by atoms with E-state index in [-0.39, 0.29) is 34.6 Å². The zero-order chi connectivity index (χ0) is 22.7. The fourth-order valence-corrected chi connectivity index (χ4v) is 3.13. The number of hydrogen-bond acceptors (Lipinski definition) is 4. The second kappa shape index (κ2) is 9.15. The number of benzene rings is 2. The van der Waals surface area contributed by atoms with Crippen LogP contribution in [0.2, 0.25) is 5.02 Å². The van der Waals surface area contributed by atoms with Crippen molar-refractivity contribution in [3.63, 3.8) is 0 Å². The highest BCUT2D eigenvalue weighted by Gasteiger charge is 2.16. The summed E-state index contributed by atoms with van der Waals surface area (Å²) in [4.78, 5) is 12.6. The molecular formula is C21H15ClF3N5O2. The maximum Gasteiger partial charge on any atom is 0.387 e. The molecular weight excluding hydrogens is 447 g/mol. The highest BCUT2D eigenvalue weighted by Crippen LogP contribution is 2.24. The van der Waals surface area contributed by atoms with Gasteiger partial charge in [0.15, 0.2) is 5.82 Å². The molecule has 0 saturated carbocycles. The van der Waals surface area contributed by atoms with E-state index in [4.69, 9.17) is 11.6 Å². The third-order valence-corrected chi connectivity index (χ3v) is 4.71. The van der Waals surface area contributed by atoms with Crippen molar-refractivity contribution in [2.45, 2.75) is 13.2 Å². The number of rotatable bonds is 7. The van der Waals surface area contributed by atoms with Gasteiger partial charge in [-0.25, -0.2) is 4.39 Å². The summed E-state index contributed by atoms with van der Waals surface area (Å²) < 4.78 is 44.1. The molecule has 0 fully saturated rings. The van der Waals surface area contributed by atoms with Crippen LogP contribution in [-0.2, 0) is 6.54 Å². The SMILES string of the molecule is O=C(Nc1nn(Cc2ccccc2F)cc1Cl)c1cc(-c2ccc(OC(F)F)cc2)n[nH]1. The minimum absolute atomic E-state index is 0.0119. The second-order valence-corrected chi connectivity index (χ2v) is 7.05. The molecule has 4 aromatic rings. The molecule has 2 aromatic heterocycles. The van der Waals surface area contributed by atoms with Gasteiger partial charge in [0.25, 0.3) is 5.91 Å². The first-order valence-corrected chi connectivity index (χ1v) is 9.65. The van der Waals surface area contributed by atoms with Gasteiger partial charge < -0.3 is 10.1 Å². The third-order valence-electron chi connectivity index (χ3n) is 4.44. The first-order valence-electron chi connectivity index (χ1n) is 9.27. The average Bonchev–Trinajstić information content (AvgIpc) is 3.37. The van der Waals surface area contributed by atoms with E-state index in [2.05, 4.69) is 25.3 Å². The third kappa shape index (κ3) is 4.92. The van der Waals surface area contributed by atoms with Crippen molar-refractivity contribution in [3.8, 4) is 17.0 Å². The average molecular weight is 462 g/mol. The Morgan fingerprint density at radius 3 is 2.66 bits per heavy atom.